The van der Waals surface area contributed by atoms with E-state index in [2.05, 4.69) is 4.98 Å². The molecule has 0 bridgehead atoms. The van der Waals surface area contributed by atoms with E-state index in [0.717, 1.165) is 5.56 Å². The fourth-order valence-corrected chi connectivity index (χ4v) is 3.59. The Hall–Kier alpha value is -2.83. The minimum absolute atomic E-state index is 0.0457. The van der Waals surface area contributed by atoms with E-state index < -0.39 is 0 Å². The first kappa shape index (κ1) is 22.8. The van der Waals surface area contributed by atoms with Crippen LogP contribution in [-0.4, -0.2) is 31.6 Å². The largest absolute Gasteiger partial charge is 0.493 e. The molecular weight excluding hydrogens is 444 g/mol. The molecule has 0 unspecified atom stereocenters. The number of carbonyl (C=O) groups is 1. The lowest BCUT2D eigenvalue weighted by molar-refractivity contribution is 0.0988. The molecule has 0 aliphatic rings. The van der Waals surface area contributed by atoms with Crippen molar-refractivity contribution in [1.82, 2.24) is 4.98 Å². The second kappa shape index (κ2) is 10.5. The maximum atomic E-state index is 13.4. The number of benzene rings is 2. The van der Waals surface area contributed by atoms with Crippen molar-refractivity contribution in [3.8, 4) is 17.2 Å². The molecule has 0 aliphatic heterocycles. The van der Waals surface area contributed by atoms with Crippen molar-refractivity contribution >= 4 is 29.0 Å². The van der Waals surface area contributed by atoms with E-state index in [9.17, 15) is 9.18 Å². The number of hydrogen-bond donors (Lipinski definition) is 0. The summed E-state index contributed by atoms with van der Waals surface area (Å²) in [4.78, 5) is 17.0. The molecule has 1 aromatic heterocycles. The van der Waals surface area contributed by atoms with E-state index >= 15 is 0 Å². The lowest BCUT2D eigenvalue weighted by Crippen LogP contribution is -2.11. The summed E-state index contributed by atoms with van der Waals surface area (Å²) in [7, 11) is 2.95. The summed E-state index contributed by atoms with van der Waals surface area (Å²) in [6, 6.07) is 9.47. The van der Waals surface area contributed by atoms with Gasteiger partial charge in [0.1, 0.15) is 5.82 Å². The summed E-state index contributed by atoms with van der Waals surface area (Å²) in [5.74, 6) is 0.360. The Morgan fingerprint density at radius 2 is 1.77 bits per heavy atom. The van der Waals surface area contributed by atoms with Crippen LogP contribution in [0.2, 0.25) is 10.0 Å². The van der Waals surface area contributed by atoms with Gasteiger partial charge in [-0.25, -0.2) is 4.39 Å². The van der Waals surface area contributed by atoms with Crippen LogP contribution in [0.4, 0.5) is 4.39 Å². The van der Waals surface area contributed by atoms with Crippen LogP contribution in [-0.2, 0) is 12.8 Å². The van der Waals surface area contributed by atoms with E-state index in [1.807, 2.05) is 0 Å². The molecule has 0 atom stereocenters. The zero-order valence-corrected chi connectivity index (χ0v) is 18.5. The van der Waals surface area contributed by atoms with Crippen molar-refractivity contribution in [2.24, 2.45) is 0 Å². The van der Waals surface area contributed by atoms with Crippen LogP contribution in [0.5, 0.6) is 17.2 Å². The third-order valence-electron chi connectivity index (χ3n) is 4.62. The lowest BCUT2D eigenvalue weighted by Gasteiger charge is -2.17. The SMILES string of the molecule is COc1ccc(C(=O)Cc2c(Cl)cncc2Cl)c(OCCc2cccc(F)c2)c1OC. The average molecular weight is 464 g/mol. The van der Waals surface area contributed by atoms with Crippen molar-refractivity contribution in [1.29, 1.82) is 0 Å². The summed E-state index contributed by atoms with van der Waals surface area (Å²) in [6.45, 7) is 0.198. The molecule has 0 spiro atoms. The molecule has 0 aliphatic carbocycles. The number of hydrogen-bond acceptors (Lipinski definition) is 5. The number of halogens is 3. The van der Waals surface area contributed by atoms with Crippen LogP contribution >= 0.6 is 23.2 Å². The number of ketones is 1. The third-order valence-corrected chi connectivity index (χ3v) is 5.27. The van der Waals surface area contributed by atoms with E-state index in [4.69, 9.17) is 37.4 Å². The van der Waals surface area contributed by atoms with Gasteiger partial charge in [0.15, 0.2) is 17.3 Å². The van der Waals surface area contributed by atoms with Gasteiger partial charge in [0.25, 0.3) is 0 Å². The zero-order valence-electron chi connectivity index (χ0n) is 17.0. The molecule has 3 rings (SSSR count). The quantitative estimate of drug-likeness (QED) is 0.387. The number of methoxy groups -OCH3 is 2. The van der Waals surface area contributed by atoms with Gasteiger partial charge in [-0.1, -0.05) is 35.3 Å². The summed E-state index contributed by atoms with van der Waals surface area (Å²) in [6.07, 6.45) is 3.26. The van der Waals surface area contributed by atoms with Crippen LogP contribution in [0.15, 0.2) is 48.8 Å². The fraction of sp³-hybridized carbons (Fsp3) is 0.217. The Bertz CT molecular complexity index is 1070. The van der Waals surface area contributed by atoms with E-state index in [-0.39, 0.29) is 30.4 Å². The number of rotatable bonds is 9. The molecular formula is C23H20Cl2FNO4. The molecule has 3 aromatic rings. The van der Waals surface area contributed by atoms with Crippen LogP contribution in [0.25, 0.3) is 0 Å². The molecule has 0 saturated carbocycles. The van der Waals surface area contributed by atoms with E-state index in [1.54, 1.807) is 24.3 Å². The molecule has 2 aromatic carbocycles. The highest BCUT2D eigenvalue weighted by molar-refractivity contribution is 6.36. The van der Waals surface area contributed by atoms with Crippen molar-refractivity contribution < 1.29 is 23.4 Å². The normalized spacial score (nSPS) is 10.6. The lowest BCUT2D eigenvalue weighted by atomic mass is 10.0. The van der Waals surface area contributed by atoms with Gasteiger partial charge in [-0.2, -0.15) is 0 Å². The molecule has 5 nitrogen and oxygen atoms in total. The van der Waals surface area contributed by atoms with Gasteiger partial charge in [0.2, 0.25) is 5.75 Å². The number of Topliss-reactive ketones (excluding diaryl/α,β-unsaturated/α-hetero) is 1. The van der Waals surface area contributed by atoms with Crippen LogP contribution in [0.3, 0.4) is 0 Å². The Morgan fingerprint density at radius 3 is 2.42 bits per heavy atom. The summed E-state index contributed by atoms with van der Waals surface area (Å²) in [5.41, 5.74) is 1.54. The molecule has 0 radical (unpaired) electrons. The van der Waals surface area contributed by atoms with Gasteiger partial charge in [-0.3, -0.25) is 9.78 Å². The smallest absolute Gasteiger partial charge is 0.204 e. The van der Waals surface area contributed by atoms with E-state index in [1.165, 1.54) is 38.7 Å². The molecule has 0 fully saturated rings. The molecule has 31 heavy (non-hydrogen) atoms. The Morgan fingerprint density at radius 1 is 1.03 bits per heavy atom. The van der Waals surface area contributed by atoms with Gasteiger partial charge < -0.3 is 14.2 Å². The second-order valence-corrected chi connectivity index (χ2v) is 7.40. The van der Waals surface area contributed by atoms with Crippen LogP contribution in [0, 0.1) is 5.82 Å². The highest BCUT2D eigenvalue weighted by Gasteiger charge is 2.23. The third kappa shape index (κ3) is 5.46. The second-order valence-electron chi connectivity index (χ2n) is 6.59. The highest BCUT2D eigenvalue weighted by Crippen LogP contribution is 2.41. The molecule has 8 heteroatoms. The first-order valence-electron chi connectivity index (χ1n) is 9.38. The maximum Gasteiger partial charge on any atom is 0.204 e. The van der Waals surface area contributed by atoms with Crippen LogP contribution in [0.1, 0.15) is 21.5 Å². The molecule has 0 amide bonds. The number of carbonyl (C=O) groups excluding carboxylic acids is 1. The van der Waals surface area contributed by atoms with E-state index in [0.29, 0.717) is 39.1 Å². The van der Waals surface area contributed by atoms with Crippen molar-refractivity contribution in [2.45, 2.75) is 12.8 Å². The maximum absolute atomic E-state index is 13.4. The van der Waals surface area contributed by atoms with Crippen LogP contribution < -0.4 is 14.2 Å². The Balaban J connectivity index is 1.89. The fourth-order valence-electron chi connectivity index (χ4n) is 3.09. The predicted octanol–water partition coefficient (Wildman–Crippen LogP) is 5.59. The predicted molar refractivity (Wildman–Crippen MR) is 117 cm³/mol. The molecule has 0 saturated heterocycles. The standard InChI is InChI=1S/C23H20Cl2FNO4/c1-29-21-7-6-16(20(28)11-17-18(24)12-27-13-19(17)25)22(23(21)30-2)31-9-8-14-4-3-5-15(26)10-14/h3-7,10,12-13H,8-9,11H2,1-2H3. The highest BCUT2D eigenvalue weighted by atomic mass is 35.5. The monoisotopic (exact) mass is 463 g/mol. The van der Waals surface area contributed by atoms with Gasteiger partial charge in [0, 0.05) is 30.8 Å². The first-order chi connectivity index (χ1) is 14.9. The average Bonchev–Trinajstić information content (AvgIpc) is 2.75. The van der Waals surface area contributed by atoms with Gasteiger partial charge in [0.05, 0.1) is 36.4 Å². The van der Waals surface area contributed by atoms with Crippen molar-refractivity contribution in [3.63, 3.8) is 0 Å². The number of aromatic nitrogens is 1. The summed E-state index contributed by atoms with van der Waals surface area (Å²) in [5, 5.41) is 0.602. The Labute approximate surface area is 189 Å². The molecule has 1 heterocycles. The van der Waals surface area contributed by atoms with Gasteiger partial charge in [-0.05, 0) is 29.8 Å². The topological polar surface area (TPSA) is 57.7 Å². The van der Waals surface area contributed by atoms with Gasteiger partial charge >= 0.3 is 0 Å². The Kier molecular flexibility index (Phi) is 7.71. The van der Waals surface area contributed by atoms with Crippen molar-refractivity contribution in [2.75, 3.05) is 20.8 Å². The molecule has 162 valence electrons. The number of pyridine rings is 1. The zero-order chi connectivity index (χ0) is 22.4. The van der Waals surface area contributed by atoms with Gasteiger partial charge in [-0.15, -0.1) is 0 Å². The minimum atomic E-state index is -0.321. The number of nitrogens with zero attached hydrogens (tertiary/aromatic N) is 1. The minimum Gasteiger partial charge on any atom is -0.493 e. The first-order valence-corrected chi connectivity index (χ1v) is 10.1. The summed E-state index contributed by atoms with van der Waals surface area (Å²) < 4.78 is 30.2. The molecule has 0 N–H and O–H groups in total. The number of ether oxygens (including phenoxy) is 3. The summed E-state index contributed by atoms with van der Waals surface area (Å²) >= 11 is 12.3. The van der Waals surface area contributed by atoms with Crippen molar-refractivity contribution in [3.05, 3.63) is 81.3 Å².